The standard InChI is InChI=1S/C15H22ClNO2/c1-19-14-6-3-8-17(11-14)9-7-15(18)12-4-2-5-13(16)10-12/h2,4-5,10,14-15,18H,3,6-9,11H2,1H3. The second-order valence-corrected chi connectivity index (χ2v) is 5.60. The molecule has 19 heavy (non-hydrogen) atoms. The zero-order valence-corrected chi connectivity index (χ0v) is 12.1. The number of methoxy groups -OCH3 is 1. The Hall–Kier alpha value is -0.610. The highest BCUT2D eigenvalue weighted by Crippen LogP contribution is 2.21. The molecule has 1 aliphatic heterocycles. The summed E-state index contributed by atoms with van der Waals surface area (Å²) in [6, 6.07) is 7.46. The van der Waals surface area contributed by atoms with Gasteiger partial charge in [0.2, 0.25) is 0 Å². The quantitative estimate of drug-likeness (QED) is 0.902. The van der Waals surface area contributed by atoms with Crippen molar-refractivity contribution in [2.75, 3.05) is 26.7 Å². The van der Waals surface area contributed by atoms with Crippen LogP contribution in [-0.4, -0.2) is 42.9 Å². The van der Waals surface area contributed by atoms with E-state index in [-0.39, 0.29) is 0 Å². The number of halogens is 1. The first kappa shape index (κ1) is 14.8. The van der Waals surface area contributed by atoms with Crippen molar-refractivity contribution in [3.63, 3.8) is 0 Å². The van der Waals surface area contributed by atoms with Crippen molar-refractivity contribution in [2.24, 2.45) is 0 Å². The van der Waals surface area contributed by atoms with E-state index in [0.717, 1.165) is 38.0 Å². The minimum Gasteiger partial charge on any atom is -0.388 e. The van der Waals surface area contributed by atoms with Crippen LogP contribution in [0.15, 0.2) is 24.3 Å². The lowest BCUT2D eigenvalue weighted by Crippen LogP contribution is -2.40. The molecule has 4 heteroatoms. The molecule has 1 N–H and O–H groups in total. The highest BCUT2D eigenvalue weighted by molar-refractivity contribution is 6.30. The van der Waals surface area contributed by atoms with Crippen LogP contribution in [0, 0.1) is 0 Å². The van der Waals surface area contributed by atoms with Gasteiger partial charge in [0, 0.05) is 25.2 Å². The number of hydrogen-bond acceptors (Lipinski definition) is 3. The van der Waals surface area contributed by atoms with Crippen LogP contribution in [0.5, 0.6) is 0 Å². The Morgan fingerprint density at radius 3 is 3.11 bits per heavy atom. The number of ether oxygens (including phenoxy) is 1. The van der Waals surface area contributed by atoms with Crippen LogP contribution in [0.3, 0.4) is 0 Å². The predicted molar refractivity (Wildman–Crippen MR) is 77.5 cm³/mol. The van der Waals surface area contributed by atoms with Crippen LogP contribution >= 0.6 is 11.6 Å². The highest BCUT2D eigenvalue weighted by Gasteiger charge is 2.20. The molecule has 2 atom stereocenters. The van der Waals surface area contributed by atoms with Crippen LogP contribution in [-0.2, 0) is 4.74 Å². The van der Waals surface area contributed by atoms with Gasteiger partial charge in [0.15, 0.2) is 0 Å². The van der Waals surface area contributed by atoms with E-state index in [1.165, 1.54) is 6.42 Å². The van der Waals surface area contributed by atoms with Gasteiger partial charge in [-0.1, -0.05) is 23.7 Å². The summed E-state index contributed by atoms with van der Waals surface area (Å²) in [6.45, 7) is 2.97. The first-order chi connectivity index (χ1) is 9.19. The van der Waals surface area contributed by atoms with Gasteiger partial charge in [-0.25, -0.2) is 0 Å². The first-order valence-corrected chi connectivity index (χ1v) is 7.25. The summed E-state index contributed by atoms with van der Waals surface area (Å²) in [4.78, 5) is 2.37. The molecule has 0 aromatic heterocycles. The van der Waals surface area contributed by atoms with E-state index in [2.05, 4.69) is 4.90 Å². The molecule has 0 aliphatic carbocycles. The lowest BCUT2D eigenvalue weighted by atomic mass is 10.0. The maximum absolute atomic E-state index is 10.2. The minimum absolute atomic E-state index is 0.345. The Balaban J connectivity index is 1.81. The zero-order valence-electron chi connectivity index (χ0n) is 11.4. The molecule has 2 rings (SSSR count). The topological polar surface area (TPSA) is 32.7 Å². The number of piperidine rings is 1. The number of benzene rings is 1. The number of likely N-dealkylation sites (tertiary alicyclic amines) is 1. The van der Waals surface area contributed by atoms with Crippen molar-refractivity contribution in [1.29, 1.82) is 0 Å². The van der Waals surface area contributed by atoms with Gasteiger partial charge in [-0.05, 0) is 43.5 Å². The fourth-order valence-corrected chi connectivity index (χ4v) is 2.79. The van der Waals surface area contributed by atoms with Crippen LogP contribution in [0.2, 0.25) is 5.02 Å². The summed E-state index contributed by atoms with van der Waals surface area (Å²) in [5.74, 6) is 0. The fraction of sp³-hybridized carbons (Fsp3) is 0.600. The van der Waals surface area contributed by atoms with E-state index >= 15 is 0 Å². The zero-order chi connectivity index (χ0) is 13.7. The van der Waals surface area contributed by atoms with Crippen molar-refractivity contribution in [3.8, 4) is 0 Å². The van der Waals surface area contributed by atoms with Crippen LogP contribution < -0.4 is 0 Å². The van der Waals surface area contributed by atoms with Crippen molar-refractivity contribution in [2.45, 2.75) is 31.5 Å². The number of hydrogen-bond donors (Lipinski definition) is 1. The van der Waals surface area contributed by atoms with E-state index in [1.807, 2.05) is 24.3 Å². The van der Waals surface area contributed by atoms with Crippen molar-refractivity contribution in [3.05, 3.63) is 34.9 Å². The Kier molecular flexibility index (Phi) is 5.64. The van der Waals surface area contributed by atoms with Crippen LogP contribution in [0.25, 0.3) is 0 Å². The number of aliphatic hydroxyl groups is 1. The lowest BCUT2D eigenvalue weighted by Gasteiger charge is -2.32. The molecular formula is C15H22ClNO2. The van der Waals surface area contributed by atoms with Gasteiger partial charge in [0.1, 0.15) is 0 Å². The largest absolute Gasteiger partial charge is 0.388 e. The van der Waals surface area contributed by atoms with Gasteiger partial charge in [-0.2, -0.15) is 0 Å². The number of rotatable bonds is 5. The van der Waals surface area contributed by atoms with E-state index in [9.17, 15) is 5.11 Å². The van der Waals surface area contributed by atoms with Crippen LogP contribution in [0.1, 0.15) is 30.9 Å². The second kappa shape index (κ2) is 7.25. The summed E-state index contributed by atoms with van der Waals surface area (Å²) < 4.78 is 5.41. The molecule has 1 aliphatic rings. The average Bonchev–Trinajstić information content (AvgIpc) is 2.45. The molecule has 1 fully saturated rings. The summed E-state index contributed by atoms with van der Waals surface area (Å²) in [5.41, 5.74) is 0.896. The Morgan fingerprint density at radius 1 is 1.53 bits per heavy atom. The van der Waals surface area contributed by atoms with E-state index in [4.69, 9.17) is 16.3 Å². The van der Waals surface area contributed by atoms with Gasteiger partial charge in [0.05, 0.1) is 12.2 Å². The molecular weight excluding hydrogens is 262 g/mol. The molecule has 106 valence electrons. The third-order valence-electron chi connectivity index (χ3n) is 3.75. The van der Waals surface area contributed by atoms with Gasteiger partial charge in [-0.15, -0.1) is 0 Å². The summed E-state index contributed by atoms with van der Waals surface area (Å²) >= 11 is 5.94. The molecule has 0 amide bonds. The van der Waals surface area contributed by atoms with E-state index < -0.39 is 6.10 Å². The lowest BCUT2D eigenvalue weighted by molar-refractivity contribution is 0.0255. The number of nitrogens with zero attached hydrogens (tertiary/aromatic N) is 1. The SMILES string of the molecule is COC1CCCN(CCC(O)c2cccc(Cl)c2)C1. The highest BCUT2D eigenvalue weighted by atomic mass is 35.5. The fourth-order valence-electron chi connectivity index (χ4n) is 2.59. The maximum Gasteiger partial charge on any atom is 0.0802 e. The smallest absolute Gasteiger partial charge is 0.0802 e. The molecule has 0 bridgehead atoms. The minimum atomic E-state index is -0.443. The molecule has 2 unspecified atom stereocenters. The molecule has 1 saturated heterocycles. The molecule has 0 radical (unpaired) electrons. The summed E-state index contributed by atoms with van der Waals surface area (Å²) in [6.07, 6.45) is 2.95. The molecule has 1 aromatic carbocycles. The van der Waals surface area contributed by atoms with Gasteiger partial charge >= 0.3 is 0 Å². The predicted octanol–water partition coefficient (Wildman–Crippen LogP) is 2.87. The first-order valence-electron chi connectivity index (χ1n) is 6.87. The van der Waals surface area contributed by atoms with E-state index in [0.29, 0.717) is 11.1 Å². The van der Waals surface area contributed by atoms with Crippen LogP contribution in [0.4, 0.5) is 0 Å². The summed E-state index contributed by atoms with van der Waals surface area (Å²) in [7, 11) is 1.77. The monoisotopic (exact) mass is 283 g/mol. The molecule has 3 nitrogen and oxygen atoms in total. The molecule has 0 spiro atoms. The van der Waals surface area contributed by atoms with Crippen molar-refractivity contribution < 1.29 is 9.84 Å². The van der Waals surface area contributed by atoms with Crippen molar-refractivity contribution >= 4 is 11.6 Å². The van der Waals surface area contributed by atoms with Crippen molar-refractivity contribution in [1.82, 2.24) is 4.90 Å². The van der Waals surface area contributed by atoms with Gasteiger partial charge in [-0.3, -0.25) is 0 Å². The third kappa shape index (κ3) is 4.46. The maximum atomic E-state index is 10.2. The Labute approximate surface area is 120 Å². The average molecular weight is 284 g/mol. The normalized spacial score (nSPS) is 22.4. The Bertz CT molecular complexity index is 399. The van der Waals surface area contributed by atoms with Gasteiger partial charge < -0.3 is 14.7 Å². The number of aliphatic hydroxyl groups excluding tert-OH is 1. The Morgan fingerprint density at radius 2 is 2.37 bits per heavy atom. The second-order valence-electron chi connectivity index (χ2n) is 5.16. The van der Waals surface area contributed by atoms with E-state index in [1.54, 1.807) is 7.11 Å². The van der Waals surface area contributed by atoms with Gasteiger partial charge in [0.25, 0.3) is 0 Å². The third-order valence-corrected chi connectivity index (χ3v) is 3.98. The summed E-state index contributed by atoms with van der Waals surface area (Å²) in [5, 5.41) is 10.9. The molecule has 1 aromatic rings. The molecule has 0 saturated carbocycles. The molecule has 1 heterocycles.